The molecule has 33 heavy (non-hydrogen) atoms. The van der Waals surface area contributed by atoms with Crippen molar-refractivity contribution >= 4 is 46.3 Å². The van der Waals surface area contributed by atoms with Crippen molar-refractivity contribution in [2.75, 3.05) is 18.4 Å². The third kappa shape index (κ3) is 6.29. The zero-order chi connectivity index (χ0) is 23.2. The van der Waals surface area contributed by atoms with Crippen molar-refractivity contribution in [3.63, 3.8) is 0 Å². The van der Waals surface area contributed by atoms with Crippen molar-refractivity contribution in [2.24, 2.45) is 5.92 Å². The zero-order valence-corrected chi connectivity index (χ0v) is 20.0. The molecule has 0 radical (unpaired) electrons. The molecule has 2 fully saturated rings. The largest absolute Gasteiger partial charge is 0.353 e. The Morgan fingerprint density at radius 2 is 1.76 bits per heavy atom. The zero-order valence-electron chi connectivity index (χ0n) is 18.4. The molecule has 2 aliphatic rings. The molecule has 4 rings (SSSR count). The van der Waals surface area contributed by atoms with Crippen LogP contribution in [-0.4, -0.2) is 52.0 Å². The van der Waals surface area contributed by atoms with Crippen LogP contribution in [0.5, 0.6) is 0 Å². The molecule has 0 bridgehead atoms. The topological polar surface area (TPSA) is 104 Å². The third-order valence-electron chi connectivity index (χ3n) is 6.17. The molecule has 0 spiro atoms. The highest BCUT2D eigenvalue weighted by Crippen LogP contribution is 2.23. The van der Waals surface area contributed by atoms with E-state index in [2.05, 4.69) is 20.8 Å². The molecule has 176 valence electrons. The van der Waals surface area contributed by atoms with Crippen LogP contribution in [-0.2, 0) is 4.79 Å². The van der Waals surface area contributed by atoms with E-state index in [1.165, 1.54) is 12.8 Å². The predicted molar refractivity (Wildman–Crippen MR) is 128 cm³/mol. The molecule has 1 atom stereocenters. The van der Waals surface area contributed by atoms with E-state index in [1.807, 2.05) is 0 Å². The Morgan fingerprint density at radius 3 is 2.52 bits per heavy atom. The van der Waals surface area contributed by atoms with Crippen LogP contribution in [0.15, 0.2) is 24.3 Å². The van der Waals surface area contributed by atoms with Gasteiger partial charge < -0.3 is 15.5 Å². The molecule has 1 aliphatic carbocycles. The molecule has 1 saturated heterocycles. The van der Waals surface area contributed by atoms with Crippen molar-refractivity contribution in [1.82, 2.24) is 20.4 Å². The lowest BCUT2D eigenvalue weighted by molar-refractivity contribution is -0.127. The normalized spacial score (nSPS) is 19.5. The molecule has 0 unspecified atom stereocenters. The van der Waals surface area contributed by atoms with Crippen LogP contribution < -0.4 is 10.6 Å². The summed E-state index contributed by atoms with van der Waals surface area (Å²) in [6, 6.07) is 7.02. The van der Waals surface area contributed by atoms with Gasteiger partial charge in [0.15, 0.2) is 0 Å². The van der Waals surface area contributed by atoms with E-state index in [-0.39, 0.29) is 33.8 Å². The number of piperidine rings is 1. The summed E-state index contributed by atoms with van der Waals surface area (Å²) >= 11 is 6.89. The van der Waals surface area contributed by atoms with Gasteiger partial charge in [0.25, 0.3) is 11.8 Å². The summed E-state index contributed by atoms with van der Waals surface area (Å²) < 4.78 is 0. The highest BCUT2D eigenvalue weighted by Gasteiger charge is 2.31. The van der Waals surface area contributed by atoms with Gasteiger partial charge in [-0.3, -0.25) is 14.4 Å². The molecular weight excluding hydrogens is 462 g/mol. The summed E-state index contributed by atoms with van der Waals surface area (Å²) in [5.41, 5.74) is 0.536. The molecular formula is C23H28ClN5O3S. The first kappa shape index (κ1) is 23.6. The fourth-order valence-electron chi connectivity index (χ4n) is 4.41. The minimum Gasteiger partial charge on any atom is -0.353 e. The number of halogens is 1. The number of nitrogens with one attached hydrogen (secondary N) is 2. The van der Waals surface area contributed by atoms with E-state index in [0.29, 0.717) is 23.8 Å². The maximum absolute atomic E-state index is 13.0. The van der Waals surface area contributed by atoms with Gasteiger partial charge >= 0.3 is 0 Å². The van der Waals surface area contributed by atoms with Crippen molar-refractivity contribution in [3.8, 4) is 0 Å². The molecule has 2 N–H and O–H groups in total. The number of rotatable bonds is 5. The van der Waals surface area contributed by atoms with E-state index < -0.39 is 5.91 Å². The summed E-state index contributed by atoms with van der Waals surface area (Å²) in [6.45, 7) is 0.927. The fraction of sp³-hybridized carbons (Fsp3) is 0.522. The molecule has 1 aliphatic heterocycles. The fourth-order valence-corrected chi connectivity index (χ4v) is 5.30. The number of anilines is 1. The molecule has 1 saturated carbocycles. The second-order valence-corrected chi connectivity index (χ2v) is 10.1. The lowest BCUT2D eigenvalue weighted by Gasteiger charge is -2.32. The van der Waals surface area contributed by atoms with Gasteiger partial charge in [-0.1, -0.05) is 54.7 Å². The van der Waals surface area contributed by atoms with Crippen LogP contribution in [0.3, 0.4) is 0 Å². The highest BCUT2D eigenvalue weighted by atomic mass is 35.5. The average Bonchev–Trinajstić information content (AvgIpc) is 3.17. The summed E-state index contributed by atoms with van der Waals surface area (Å²) in [6.07, 6.45) is 8.38. The predicted octanol–water partition coefficient (Wildman–Crippen LogP) is 4.14. The lowest BCUT2D eigenvalue weighted by Crippen LogP contribution is -2.47. The van der Waals surface area contributed by atoms with Gasteiger partial charge in [0.05, 0.1) is 5.92 Å². The van der Waals surface area contributed by atoms with Crippen LogP contribution in [0.1, 0.15) is 71.0 Å². The summed E-state index contributed by atoms with van der Waals surface area (Å²) in [4.78, 5) is 40.0. The van der Waals surface area contributed by atoms with Gasteiger partial charge in [-0.15, -0.1) is 10.2 Å². The van der Waals surface area contributed by atoms with Gasteiger partial charge in [0.2, 0.25) is 15.9 Å². The minimum atomic E-state index is -0.451. The SMILES string of the molecule is O=C(Nc1cccc(Cl)c1)c1nnc(C(=O)N2CCC[C@@H](C(=O)NC3CCCCCC3)C2)s1. The molecule has 2 heterocycles. The van der Waals surface area contributed by atoms with E-state index in [0.717, 1.165) is 49.9 Å². The van der Waals surface area contributed by atoms with Crippen LogP contribution in [0, 0.1) is 5.92 Å². The van der Waals surface area contributed by atoms with E-state index in [9.17, 15) is 14.4 Å². The van der Waals surface area contributed by atoms with Crippen LogP contribution in [0.2, 0.25) is 5.02 Å². The Balaban J connectivity index is 1.34. The second kappa shape index (κ2) is 11.1. The maximum Gasteiger partial charge on any atom is 0.286 e. The third-order valence-corrected chi connectivity index (χ3v) is 7.31. The molecule has 1 aromatic heterocycles. The van der Waals surface area contributed by atoms with Gasteiger partial charge in [0.1, 0.15) is 0 Å². The number of amides is 3. The Kier molecular flexibility index (Phi) is 7.93. The van der Waals surface area contributed by atoms with Gasteiger partial charge in [-0.25, -0.2) is 0 Å². The average molecular weight is 490 g/mol. The summed E-state index contributed by atoms with van der Waals surface area (Å²) in [5, 5.41) is 14.5. The Hall–Kier alpha value is -2.52. The highest BCUT2D eigenvalue weighted by molar-refractivity contribution is 7.15. The monoisotopic (exact) mass is 489 g/mol. The standard InChI is InChI=1S/C23H28ClN5O3S/c24-16-8-5-11-18(13-16)26-20(31)21-27-28-22(33-21)23(32)29-12-6-7-15(14-29)19(30)25-17-9-3-1-2-4-10-17/h5,8,11,13,15,17H,1-4,6-7,9-10,12,14H2,(H,25,30)(H,26,31)/t15-/m1/s1. The van der Waals surface area contributed by atoms with E-state index >= 15 is 0 Å². The molecule has 8 nitrogen and oxygen atoms in total. The number of carbonyl (C=O) groups excluding carboxylic acids is 3. The number of hydrogen-bond acceptors (Lipinski definition) is 6. The number of carbonyl (C=O) groups is 3. The summed E-state index contributed by atoms with van der Waals surface area (Å²) in [7, 11) is 0. The first-order chi connectivity index (χ1) is 16.0. The van der Waals surface area contributed by atoms with E-state index in [1.54, 1.807) is 29.2 Å². The maximum atomic E-state index is 13.0. The van der Waals surface area contributed by atoms with Crippen molar-refractivity contribution in [3.05, 3.63) is 39.3 Å². The molecule has 1 aromatic carbocycles. The summed E-state index contributed by atoms with van der Waals surface area (Å²) in [5.74, 6) is -0.919. The van der Waals surface area contributed by atoms with Crippen LogP contribution >= 0.6 is 22.9 Å². The van der Waals surface area contributed by atoms with Gasteiger partial charge in [0, 0.05) is 29.8 Å². The Labute approximate surface area is 202 Å². The van der Waals surface area contributed by atoms with Crippen LogP contribution in [0.25, 0.3) is 0 Å². The number of hydrogen-bond donors (Lipinski definition) is 2. The van der Waals surface area contributed by atoms with Gasteiger partial charge in [-0.05, 0) is 43.9 Å². The van der Waals surface area contributed by atoms with Gasteiger partial charge in [-0.2, -0.15) is 0 Å². The number of aromatic nitrogens is 2. The quantitative estimate of drug-likeness (QED) is 0.614. The first-order valence-electron chi connectivity index (χ1n) is 11.5. The van der Waals surface area contributed by atoms with Crippen LogP contribution in [0.4, 0.5) is 5.69 Å². The second-order valence-electron chi connectivity index (χ2n) is 8.66. The molecule has 10 heteroatoms. The first-order valence-corrected chi connectivity index (χ1v) is 12.7. The molecule has 3 amide bonds. The van der Waals surface area contributed by atoms with E-state index in [4.69, 9.17) is 11.6 Å². The molecule has 2 aromatic rings. The Morgan fingerprint density at radius 1 is 1.00 bits per heavy atom. The Bertz CT molecular complexity index is 1010. The minimum absolute atomic E-state index is 0.0400. The smallest absolute Gasteiger partial charge is 0.286 e. The number of benzene rings is 1. The lowest BCUT2D eigenvalue weighted by atomic mass is 9.96. The number of nitrogens with zero attached hydrogens (tertiary/aromatic N) is 3. The van der Waals surface area contributed by atoms with Crippen molar-refractivity contribution < 1.29 is 14.4 Å². The number of likely N-dealkylation sites (tertiary alicyclic amines) is 1. The van der Waals surface area contributed by atoms with Crippen molar-refractivity contribution in [1.29, 1.82) is 0 Å². The van der Waals surface area contributed by atoms with Crippen molar-refractivity contribution in [2.45, 2.75) is 57.4 Å².